The Bertz CT molecular complexity index is 378. The Kier molecular flexibility index (Phi) is 1.99. The summed E-state index contributed by atoms with van der Waals surface area (Å²) in [5, 5.41) is 0. The molecule has 0 spiro atoms. The number of carbonyl (C=O) groups excluding carboxylic acids is 1. The van der Waals surface area contributed by atoms with E-state index in [1.165, 1.54) is 4.90 Å². The van der Waals surface area contributed by atoms with Crippen molar-refractivity contribution >= 4 is 17.6 Å². The molecule has 0 saturated carbocycles. The van der Waals surface area contributed by atoms with Crippen molar-refractivity contribution < 1.29 is 9.53 Å². The van der Waals surface area contributed by atoms with Gasteiger partial charge in [0.15, 0.2) is 0 Å². The largest absolute Gasteiger partial charge is 0.447 e. The maximum absolute atomic E-state index is 11.2. The van der Waals surface area contributed by atoms with E-state index >= 15 is 0 Å². The van der Waals surface area contributed by atoms with Gasteiger partial charge in [-0.15, -0.1) is 0 Å². The van der Waals surface area contributed by atoms with Crippen molar-refractivity contribution in [2.24, 2.45) is 0 Å². The molecule has 1 fully saturated rings. The molecule has 0 atom stereocenters. The standard InChI is InChI=1S/C9H11N3O2/c1-6-7(10)2-3-8(11-6)12-4-5-14-9(12)13/h2-3H,4-5,10H2,1H3. The van der Waals surface area contributed by atoms with Gasteiger partial charge in [0.05, 0.1) is 17.9 Å². The van der Waals surface area contributed by atoms with Crippen molar-refractivity contribution in [2.75, 3.05) is 23.8 Å². The van der Waals surface area contributed by atoms with E-state index in [0.29, 0.717) is 24.7 Å². The van der Waals surface area contributed by atoms with Crippen LogP contribution in [0.1, 0.15) is 5.69 Å². The van der Waals surface area contributed by atoms with Gasteiger partial charge in [-0.05, 0) is 19.1 Å². The van der Waals surface area contributed by atoms with Crippen LogP contribution in [0.2, 0.25) is 0 Å². The lowest BCUT2D eigenvalue weighted by atomic mass is 10.3. The molecular formula is C9H11N3O2. The number of anilines is 2. The Morgan fingerprint density at radius 1 is 1.57 bits per heavy atom. The average molecular weight is 193 g/mol. The number of nitrogens with two attached hydrogens (primary N) is 1. The maximum Gasteiger partial charge on any atom is 0.415 e. The molecule has 14 heavy (non-hydrogen) atoms. The predicted molar refractivity (Wildman–Crippen MR) is 52.1 cm³/mol. The van der Waals surface area contributed by atoms with Gasteiger partial charge in [0, 0.05) is 0 Å². The summed E-state index contributed by atoms with van der Waals surface area (Å²) < 4.78 is 4.81. The van der Waals surface area contributed by atoms with Crippen LogP contribution in [-0.2, 0) is 4.74 Å². The molecule has 1 saturated heterocycles. The van der Waals surface area contributed by atoms with Gasteiger partial charge >= 0.3 is 6.09 Å². The summed E-state index contributed by atoms with van der Waals surface area (Å²) in [5.74, 6) is 0.596. The Morgan fingerprint density at radius 3 is 2.93 bits per heavy atom. The first-order valence-corrected chi connectivity index (χ1v) is 4.36. The van der Waals surface area contributed by atoms with Crippen LogP contribution in [0.5, 0.6) is 0 Å². The fraction of sp³-hybridized carbons (Fsp3) is 0.333. The summed E-state index contributed by atoms with van der Waals surface area (Å²) in [7, 11) is 0. The number of hydrogen-bond acceptors (Lipinski definition) is 4. The van der Waals surface area contributed by atoms with Crippen LogP contribution >= 0.6 is 0 Å². The van der Waals surface area contributed by atoms with Crippen LogP contribution in [0.15, 0.2) is 12.1 Å². The molecule has 0 aliphatic carbocycles. The number of aryl methyl sites for hydroxylation is 1. The van der Waals surface area contributed by atoms with Crippen molar-refractivity contribution in [3.8, 4) is 0 Å². The predicted octanol–water partition coefficient (Wildman–Crippen LogP) is 0.929. The number of hydrogen-bond donors (Lipinski definition) is 1. The molecule has 1 aromatic heterocycles. The number of nitrogens with zero attached hydrogens (tertiary/aromatic N) is 2. The smallest absolute Gasteiger partial charge is 0.415 e. The number of ether oxygens (including phenoxy) is 1. The van der Waals surface area contributed by atoms with Crippen LogP contribution in [-0.4, -0.2) is 24.2 Å². The molecule has 0 bridgehead atoms. The molecule has 0 radical (unpaired) electrons. The van der Waals surface area contributed by atoms with Crippen LogP contribution in [0.3, 0.4) is 0 Å². The van der Waals surface area contributed by atoms with E-state index in [4.69, 9.17) is 10.5 Å². The topological polar surface area (TPSA) is 68.5 Å². The van der Waals surface area contributed by atoms with Gasteiger partial charge < -0.3 is 10.5 Å². The highest BCUT2D eigenvalue weighted by atomic mass is 16.6. The van der Waals surface area contributed by atoms with Crippen molar-refractivity contribution in [2.45, 2.75) is 6.92 Å². The number of cyclic esters (lactones) is 1. The molecule has 1 aromatic rings. The second-order valence-corrected chi connectivity index (χ2v) is 3.11. The quantitative estimate of drug-likeness (QED) is 0.720. The number of nitrogen functional groups attached to an aromatic ring is 1. The molecule has 1 aliphatic rings. The van der Waals surface area contributed by atoms with Gasteiger partial charge in [-0.25, -0.2) is 9.78 Å². The van der Waals surface area contributed by atoms with Gasteiger partial charge in [0.1, 0.15) is 12.4 Å². The van der Waals surface area contributed by atoms with E-state index in [0.717, 1.165) is 5.69 Å². The minimum absolute atomic E-state index is 0.346. The normalized spacial score (nSPS) is 15.8. The monoisotopic (exact) mass is 193 g/mol. The molecule has 5 nitrogen and oxygen atoms in total. The lowest BCUT2D eigenvalue weighted by Gasteiger charge is -2.12. The first kappa shape index (κ1) is 8.80. The zero-order valence-electron chi connectivity index (χ0n) is 7.86. The molecule has 74 valence electrons. The highest BCUT2D eigenvalue weighted by molar-refractivity contribution is 5.88. The van der Waals surface area contributed by atoms with E-state index < -0.39 is 0 Å². The van der Waals surface area contributed by atoms with Gasteiger partial charge in [0.2, 0.25) is 0 Å². The highest BCUT2D eigenvalue weighted by Gasteiger charge is 2.24. The molecule has 2 heterocycles. The second-order valence-electron chi connectivity index (χ2n) is 3.11. The molecule has 2 N–H and O–H groups in total. The Labute approximate surface area is 81.5 Å². The number of carbonyl (C=O) groups is 1. The van der Waals surface area contributed by atoms with Crippen LogP contribution in [0, 0.1) is 6.92 Å². The van der Waals surface area contributed by atoms with E-state index in [-0.39, 0.29) is 6.09 Å². The average Bonchev–Trinajstić information content (AvgIpc) is 2.57. The molecule has 5 heteroatoms. The summed E-state index contributed by atoms with van der Waals surface area (Å²) >= 11 is 0. The van der Waals surface area contributed by atoms with Gasteiger partial charge in [-0.2, -0.15) is 0 Å². The lowest BCUT2D eigenvalue weighted by molar-refractivity contribution is 0.181. The van der Waals surface area contributed by atoms with Crippen molar-refractivity contribution in [3.05, 3.63) is 17.8 Å². The van der Waals surface area contributed by atoms with Crippen LogP contribution in [0.25, 0.3) is 0 Å². The van der Waals surface area contributed by atoms with E-state index in [1.807, 2.05) is 0 Å². The summed E-state index contributed by atoms with van der Waals surface area (Å²) in [4.78, 5) is 16.9. The zero-order chi connectivity index (χ0) is 10.1. The minimum atomic E-state index is -0.346. The third kappa shape index (κ3) is 1.37. The van der Waals surface area contributed by atoms with Gasteiger partial charge in [-0.1, -0.05) is 0 Å². The zero-order valence-corrected chi connectivity index (χ0v) is 7.86. The highest BCUT2D eigenvalue weighted by Crippen LogP contribution is 2.18. The number of rotatable bonds is 1. The third-order valence-corrected chi connectivity index (χ3v) is 2.15. The van der Waals surface area contributed by atoms with E-state index in [1.54, 1.807) is 19.1 Å². The molecule has 0 unspecified atom stereocenters. The molecule has 2 rings (SSSR count). The Hall–Kier alpha value is -1.78. The summed E-state index contributed by atoms with van der Waals surface area (Å²) in [5.41, 5.74) is 6.98. The van der Waals surface area contributed by atoms with Crippen LogP contribution < -0.4 is 10.6 Å². The molecular weight excluding hydrogens is 182 g/mol. The van der Waals surface area contributed by atoms with Crippen molar-refractivity contribution in [3.63, 3.8) is 0 Å². The van der Waals surface area contributed by atoms with Gasteiger partial charge in [-0.3, -0.25) is 4.90 Å². The summed E-state index contributed by atoms with van der Waals surface area (Å²) in [6.07, 6.45) is -0.346. The first-order chi connectivity index (χ1) is 6.68. The first-order valence-electron chi connectivity index (χ1n) is 4.36. The molecule has 0 aromatic carbocycles. The third-order valence-electron chi connectivity index (χ3n) is 2.15. The number of amides is 1. The maximum atomic E-state index is 11.2. The number of pyridine rings is 1. The van der Waals surface area contributed by atoms with E-state index in [2.05, 4.69) is 4.98 Å². The molecule has 1 aliphatic heterocycles. The van der Waals surface area contributed by atoms with Crippen molar-refractivity contribution in [1.82, 2.24) is 4.98 Å². The Morgan fingerprint density at radius 2 is 2.36 bits per heavy atom. The summed E-state index contributed by atoms with van der Waals surface area (Å²) in [6.45, 7) is 2.78. The fourth-order valence-corrected chi connectivity index (χ4v) is 1.31. The number of aromatic nitrogens is 1. The fourth-order valence-electron chi connectivity index (χ4n) is 1.31. The van der Waals surface area contributed by atoms with Crippen molar-refractivity contribution in [1.29, 1.82) is 0 Å². The SMILES string of the molecule is Cc1nc(N2CCOC2=O)ccc1N. The summed E-state index contributed by atoms with van der Waals surface area (Å²) in [6, 6.07) is 3.46. The molecule has 1 amide bonds. The Balaban J connectivity index is 2.32. The lowest BCUT2D eigenvalue weighted by Crippen LogP contribution is -2.24. The van der Waals surface area contributed by atoms with E-state index in [9.17, 15) is 4.79 Å². The van der Waals surface area contributed by atoms with Crippen LogP contribution in [0.4, 0.5) is 16.3 Å². The second kappa shape index (κ2) is 3.17. The minimum Gasteiger partial charge on any atom is -0.447 e. The van der Waals surface area contributed by atoms with Gasteiger partial charge in [0.25, 0.3) is 0 Å².